The van der Waals surface area contributed by atoms with Gasteiger partial charge in [-0.1, -0.05) is 13.0 Å². The molecule has 1 aromatic heterocycles. The van der Waals surface area contributed by atoms with Crippen molar-refractivity contribution in [2.24, 2.45) is 23.2 Å². The molecule has 2 aromatic rings. The second-order valence-corrected chi connectivity index (χ2v) is 10.1. The molecule has 34 heavy (non-hydrogen) atoms. The third-order valence-corrected chi connectivity index (χ3v) is 8.37. The lowest BCUT2D eigenvalue weighted by atomic mass is 9.54. The maximum atomic E-state index is 13.8. The van der Waals surface area contributed by atoms with Gasteiger partial charge in [-0.05, 0) is 91.2 Å². The van der Waals surface area contributed by atoms with Crippen molar-refractivity contribution in [1.82, 2.24) is 4.98 Å². The van der Waals surface area contributed by atoms with Crippen molar-refractivity contribution in [1.29, 1.82) is 0 Å². The Morgan fingerprint density at radius 1 is 1.24 bits per heavy atom. The summed E-state index contributed by atoms with van der Waals surface area (Å²) in [6.45, 7) is 2.00. The summed E-state index contributed by atoms with van der Waals surface area (Å²) in [4.78, 5) is 29.9. The van der Waals surface area contributed by atoms with E-state index >= 15 is 0 Å². The van der Waals surface area contributed by atoms with Crippen LogP contribution in [-0.4, -0.2) is 21.8 Å². The summed E-state index contributed by atoms with van der Waals surface area (Å²) in [5, 5.41) is 12.7. The van der Waals surface area contributed by atoms with E-state index in [0.29, 0.717) is 18.4 Å². The van der Waals surface area contributed by atoms with Crippen LogP contribution < -0.4 is 5.32 Å². The molecule has 178 valence electrons. The van der Waals surface area contributed by atoms with Gasteiger partial charge in [0.2, 0.25) is 5.91 Å². The van der Waals surface area contributed by atoms with Crippen molar-refractivity contribution in [2.75, 3.05) is 5.32 Å². The molecule has 1 aromatic carbocycles. The van der Waals surface area contributed by atoms with Crippen molar-refractivity contribution in [3.05, 3.63) is 71.1 Å². The van der Waals surface area contributed by atoms with Gasteiger partial charge in [0.1, 0.15) is 17.5 Å². The molecule has 0 radical (unpaired) electrons. The number of carbonyl (C=O) groups is 2. The molecule has 1 heterocycles. The van der Waals surface area contributed by atoms with Crippen molar-refractivity contribution >= 4 is 17.5 Å². The number of aliphatic hydroxyl groups excluding tert-OH is 1. The topological polar surface area (TPSA) is 79.3 Å². The van der Waals surface area contributed by atoms with Crippen LogP contribution in [0.15, 0.2) is 48.4 Å². The Morgan fingerprint density at radius 3 is 2.76 bits per heavy atom. The average molecular weight is 467 g/mol. The summed E-state index contributed by atoms with van der Waals surface area (Å²) in [5.41, 5.74) is 2.06. The highest BCUT2D eigenvalue weighted by atomic mass is 19.1. The molecule has 3 aliphatic carbocycles. The summed E-state index contributed by atoms with van der Waals surface area (Å²) >= 11 is 0. The molecule has 0 aliphatic heterocycles. The van der Waals surface area contributed by atoms with Crippen molar-refractivity contribution in [3.8, 4) is 0 Å². The van der Waals surface area contributed by atoms with E-state index in [1.807, 2.05) is 13.0 Å². The lowest BCUT2D eigenvalue weighted by Crippen LogP contribution is -2.44. The summed E-state index contributed by atoms with van der Waals surface area (Å²) in [6.07, 6.45) is 5.73. The molecule has 5 atom stereocenters. The zero-order chi connectivity index (χ0) is 24.0. The number of hydrogen-bond acceptors (Lipinski definition) is 4. The fraction of sp³-hybridized carbons (Fsp3) is 0.444. The SMILES string of the molecule is C[C@]12CCC3c4ccc(F)cc4CCC3C1[C@H](CCC(=O)Nc1ccc(F)cn1)/C(=C/O)C2=O. The van der Waals surface area contributed by atoms with Gasteiger partial charge < -0.3 is 10.4 Å². The van der Waals surface area contributed by atoms with E-state index in [4.69, 9.17) is 0 Å². The van der Waals surface area contributed by atoms with Gasteiger partial charge in [-0.3, -0.25) is 9.59 Å². The van der Waals surface area contributed by atoms with Crippen LogP contribution in [0.5, 0.6) is 0 Å². The fourth-order valence-corrected chi connectivity index (χ4v) is 6.93. The Balaban J connectivity index is 1.39. The number of carbonyl (C=O) groups excluding carboxylic acids is 2. The zero-order valence-electron chi connectivity index (χ0n) is 19.1. The summed E-state index contributed by atoms with van der Waals surface area (Å²) in [5.74, 6) is -0.481. The molecule has 2 saturated carbocycles. The number of ketones is 1. The first-order valence-electron chi connectivity index (χ1n) is 11.9. The Bertz CT molecular complexity index is 1160. The first-order valence-corrected chi connectivity index (χ1v) is 11.9. The monoisotopic (exact) mass is 466 g/mol. The van der Waals surface area contributed by atoms with Crippen molar-refractivity contribution < 1.29 is 23.5 Å². The molecule has 2 N–H and O–H groups in total. The molecule has 3 aliphatic rings. The maximum absolute atomic E-state index is 13.8. The Morgan fingerprint density at radius 2 is 2.03 bits per heavy atom. The van der Waals surface area contributed by atoms with Gasteiger partial charge in [0.05, 0.1) is 12.5 Å². The van der Waals surface area contributed by atoms with Crippen LogP contribution in [0.2, 0.25) is 0 Å². The summed E-state index contributed by atoms with van der Waals surface area (Å²) < 4.78 is 26.9. The molecule has 7 heteroatoms. The number of nitrogens with one attached hydrogen (secondary N) is 1. The third-order valence-electron chi connectivity index (χ3n) is 8.37. The molecule has 2 fully saturated rings. The van der Waals surface area contributed by atoms with Gasteiger partial charge in [0.25, 0.3) is 0 Å². The Labute approximate surface area is 197 Å². The minimum Gasteiger partial charge on any atom is -0.515 e. The number of amides is 1. The number of aliphatic hydroxyl groups is 1. The Hall–Kier alpha value is -3.09. The molecule has 0 bridgehead atoms. The molecule has 0 saturated heterocycles. The number of pyridine rings is 1. The normalized spacial score (nSPS) is 31.0. The molecule has 5 nitrogen and oxygen atoms in total. The number of aromatic nitrogens is 1. The van der Waals surface area contributed by atoms with E-state index in [1.165, 1.54) is 23.8 Å². The number of halogens is 2. The van der Waals surface area contributed by atoms with Crippen LogP contribution in [0.25, 0.3) is 0 Å². The predicted molar refractivity (Wildman–Crippen MR) is 123 cm³/mol. The number of aryl methyl sites for hydroxylation is 1. The summed E-state index contributed by atoms with van der Waals surface area (Å²) in [6, 6.07) is 7.66. The van der Waals surface area contributed by atoms with Crippen LogP contribution in [0.4, 0.5) is 14.6 Å². The van der Waals surface area contributed by atoms with Gasteiger partial charge in [-0.25, -0.2) is 13.8 Å². The number of benzene rings is 1. The lowest BCUT2D eigenvalue weighted by Gasteiger charge is -2.49. The summed E-state index contributed by atoms with van der Waals surface area (Å²) in [7, 11) is 0. The van der Waals surface area contributed by atoms with E-state index in [1.54, 1.807) is 6.07 Å². The second-order valence-electron chi connectivity index (χ2n) is 10.1. The van der Waals surface area contributed by atoms with Gasteiger partial charge in [-0.15, -0.1) is 0 Å². The van der Waals surface area contributed by atoms with E-state index in [-0.39, 0.29) is 53.4 Å². The predicted octanol–water partition coefficient (Wildman–Crippen LogP) is 5.48. The first-order chi connectivity index (χ1) is 16.3. The van der Waals surface area contributed by atoms with Gasteiger partial charge in [-0.2, -0.15) is 0 Å². The van der Waals surface area contributed by atoms with E-state index in [9.17, 15) is 23.5 Å². The molecular formula is C27H28F2N2O3. The number of nitrogens with zero attached hydrogens (tertiary/aromatic N) is 1. The quantitative estimate of drug-likeness (QED) is 0.462. The fourth-order valence-electron chi connectivity index (χ4n) is 6.93. The van der Waals surface area contributed by atoms with Crippen LogP contribution in [0, 0.1) is 34.8 Å². The molecule has 5 rings (SSSR count). The van der Waals surface area contributed by atoms with Gasteiger partial charge in [0, 0.05) is 17.4 Å². The van der Waals surface area contributed by atoms with E-state index < -0.39 is 11.2 Å². The van der Waals surface area contributed by atoms with Gasteiger partial charge in [0.15, 0.2) is 5.78 Å². The van der Waals surface area contributed by atoms with Crippen LogP contribution in [-0.2, 0) is 16.0 Å². The average Bonchev–Trinajstić information content (AvgIpc) is 3.05. The highest BCUT2D eigenvalue weighted by molar-refractivity contribution is 6.03. The largest absolute Gasteiger partial charge is 0.515 e. The minimum atomic E-state index is -0.576. The number of anilines is 1. The first kappa shape index (κ1) is 22.7. The lowest BCUT2D eigenvalue weighted by molar-refractivity contribution is -0.127. The van der Waals surface area contributed by atoms with Crippen LogP contribution in [0.3, 0.4) is 0 Å². The number of hydrogen-bond donors (Lipinski definition) is 2. The molecule has 1 amide bonds. The van der Waals surface area contributed by atoms with E-state index in [2.05, 4.69) is 10.3 Å². The zero-order valence-corrected chi connectivity index (χ0v) is 19.1. The second kappa shape index (κ2) is 8.60. The smallest absolute Gasteiger partial charge is 0.225 e. The number of rotatable bonds is 4. The molecule has 0 spiro atoms. The van der Waals surface area contributed by atoms with Crippen LogP contribution >= 0.6 is 0 Å². The number of allylic oxidation sites excluding steroid dienone is 1. The molecule has 3 unspecified atom stereocenters. The van der Waals surface area contributed by atoms with Gasteiger partial charge >= 0.3 is 0 Å². The standard InChI is InChI=1S/C27H28F2N2O3/c1-27-11-10-19-18-6-3-16(28)12-15(18)2-5-20(19)25(27)21(22(14-32)26(27)34)7-9-24(33)31-23-8-4-17(29)13-30-23/h3-4,6,8,12-14,19-21,25,32H,2,5,7,9-11H2,1H3,(H,30,31,33)/b22-14-/t19?,20?,21-,25?,27+/m1/s1. The van der Waals surface area contributed by atoms with Crippen molar-refractivity contribution in [2.45, 2.75) is 51.4 Å². The molecular weight excluding hydrogens is 438 g/mol. The minimum absolute atomic E-state index is 0.00657. The highest BCUT2D eigenvalue weighted by Gasteiger charge is 2.60. The van der Waals surface area contributed by atoms with Crippen molar-refractivity contribution in [3.63, 3.8) is 0 Å². The number of Topliss-reactive ketones (excluding diaryl/α,β-unsaturated/α-hetero) is 1. The number of fused-ring (bicyclic) bond motifs is 5. The maximum Gasteiger partial charge on any atom is 0.225 e. The third kappa shape index (κ3) is 3.71. The highest BCUT2D eigenvalue weighted by Crippen LogP contribution is 2.63. The Kier molecular flexibility index (Phi) is 5.74. The van der Waals surface area contributed by atoms with E-state index in [0.717, 1.165) is 37.3 Å². The van der Waals surface area contributed by atoms with Crippen LogP contribution in [0.1, 0.15) is 56.1 Å².